The maximum atomic E-state index is 2.45. The van der Waals surface area contributed by atoms with Gasteiger partial charge in [-0.2, -0.15) is 0 Å². The third kappa shape index (κ3) is 3.16. The van der Waals surface area contributed by atoms with Crippen LogP contribution >= 0.6 is 0 Å². The van der Waals surface area contributed by atoms with Gasteiger partial charge in [0.2, 0.25) is 5.69 Å². The normalized spacial score (nSPS) is 11.8. The zero-order chi connectivity index (χ0) is 19.2. The average Bonchev–Trinajstić information content (AvgIpc) is 2.57. The van der Waals surface area contributed by atoms with Gasteiger partial charge in [-0.3, -0.25) is 0 Å². The number of fused-ring (bicyclic) bond motifs is 1. The Morgan fingerprint density at radius 1 is 0.808 bits per heavy atom. The smallest absolute Gasteiger partial charge is 0.200 e. The molecule has 1 heterocycles. The van der Waals surface area contributed by atoms with Gasteiger partial charge in [0.05, 0.1) is 10.9 Å². The van der Waals surface area contributed by atoms with Crippen molar-refractivity contribution in [3.8, 4) is 11.3 Å². The summed E-state index contributed by atoms with van der Waals surface area (Å²) in [6, 6.07) is 11.7. The fraction of sp³-hybridized carbons (Fsp3) is 0.400. The molecular formula is C25H32N+. The van der Waals surface area contributed by atoms with Crippen LogP contribution in [0.25, 0.3) is 22.0 Å². The Morgan fingerprint density at radius 3 is 2.04 bits per heavy atom. The van der Waals surface area contributed by atoms with Gasteiger partial charge in [0.15, 0.2) is 6.20 Å². The van der Waals surface area contributed by atoms with E-state index in [1.807, 2.05) is 0 Å². The lowest BCUT2D eigenvalue weighted by Gasteiger charge is -2.18. The molecular weight excluding hydrogens is 314 g/mol. The summed E-state index contributed by atoms with van der Waals surface area (Å²) in [5, 5.41) is 2.70. The Kier molecular flexibility index (Phi) is 4.92. The Hall–Kier alpha value is -2.15. The van der Waals surface area contributed by atoms with E-state index < -0.39 is 0 Å². The zero-order valence-electron chi connectivity index (χ0n) is 17.6. The predicted octanol–water partition coefficient (Wildman–Crippen LogP) is 6.50. The molecule has 3 aromatic rings. The molecule has 0 N–H and O–H groups in total. The van der Waals surface area contributed by atoms with Crippen molar-refractivity contribution in [1.29, 1.82) is 0 Å². The first-order valence-electron chi connectivity index (χ1n) is 9.75. The van der Waals surface area contributed by atoms with E-state index >= 15 is 0 Å². The van der Waals surface area contributed by atoms with Crippen molar-refractivity contribution in [1.82, 2.24) is 0 Å². The number of aryl methyl sites for hydroxylation is 3. The topological polar surface area (TPSA) is 3.88 Å². The monoisotopic (exact) mass is 346 g/mol. The van der Waals surface area contributed by atoms with Gasteiger partial charge in [-0.1, -0.05) is 45.4 Å². The van der Waals surface area contributed by atoms with Crippen LogP contribution in [0.15, 0.2) is 36.5 Å². The first-order valence-corrected chi connectivity index (χ1v) is 9.75. The molecule has 0 saturated carbocycles. The Labute approximate surface area is 158 Å². The largest absolute Gasteiger partial charge is 0.220 e. The first-order chi connectivity index (χ1) is 12.2. The highest BCUT2D eigenvalue weighted by Gasteiger charge is 2.21. The van der Waals surface area contributed by atoms with Gasteiger partial charge < -0.3 is 0 Å². The Morgan fingerprint density at radius 2 is 1.42 bits per heavy atom. The minimum Gasteiger partial charge on any atom is -0.200 e. The number of pyridine rings is 1. The number of rotatable bonds is 3. The molecule has 0 unspecified atom stereocenters. The van der Waals surface area contributed by atoms with Gasteiger partial charge in [-0.05, 0) is 72.4 Å². The number of hydrogen-bond acceptors (Lipinski definition) is 0. The van der Waals surface area contributed by atoms with Gasteiger partial charge in [0.1, 0.15) is 7.05 Å². The van der Waals surface area contributed by atoms with E-state index in [4.69, 9.17) is 0 Å². The molecule has 3 rings (SSSR count). The highest BCUT2D eigenvalue weighted by atomic mass is 14.9. The van der Waals surface area contributed by atoms with Crippen molar-refractivity contribution in [2.24, 2.45) is 7.05 Å². The first kappa shape index (κ1) is 18.6. The molecule has 0 amide bonds. The maximum absolute atomic E-state index is 2.45. The van der Waals surface area contributed by atoms with Gasteiger partial charge in [-0.15, -0.1) is 0 Å². The van der Waals surface area contributed by atoms with Gasteiger partial charge >= 0.3 is 0 Å². The molecule has 2 aromatic carbocycles. The minimum absolute atomic E-state index is 0.524. The lowest BCUT2D eigenvalue weighted by molar-refractivity contribution is -0.659. The van der Waals surface area contributed by atoms with E-state index in [2.05, 4.69) is 96.6 Å². The van der Waals surface area contributed by atoms with E-state index in [-0.39, 0.29) is 0 Å². The van der Waals surface area contributed by atoms with Crippen LogP contribution in [0, 0.1) is 20.8 Å². The Bertz CT molecular complexity index is 977. The summed E-state index contributed by atoms with van der Waals surface area (Å²) in [4.78, 5) is 0. The van der Waals surface area contributed by atoms with E-state index in [0.29, 0.717) is 11.8 Å². The van der Waals surface area contributed by atoms with Crippen molar-refractivity contribution in [3.05, 3.63) is 64.3 Å². The predicted molar refractivity (Wildman–Crippen MR) is 113 cm³/mol. The molecule has 0 radical (unpaired) electrons. The average molecular weight is 347 g/mol. The summed E-state index contributed by atoms with van der Waals surface area (Å²) in [6.07, 6.45) is 2.20. The van der Waals surface area contributed by atoms with Crippen LogP contribution in [0.3, 0.4) is 0 Å². The van der Waals surface area contributed by atoms with Crippen molar-refractivity contribution in [2.75, 3.05) is 0 Å². The molecule has 0 atom stereocenters. The SMILES string of the molecule is Cc1cc(C)c(C)c(-c2c3cc(C(C)C)c(C(C)C)cc3cc[n+]2C)c1. The molecule has 0 aliphatic rings. The fourth-order valence-electron chi connectivity index (χ4n) is 4.07. The van der Waals surface area contributed by atoms with Crippen LogP contribution in [0.1, 0.15) is 67.3 Å². The second-order valence-electron chi connectivity index (χ2n) is 8.41. The third-order valence-corrected chi connectivity index (χ3v) is 5.65. The van der Waals surface area contributed by atoms with E-state index in [1.54, 1.807) is 0 Å². The molecule has 0 fully saturated rings. The van der Waals surface area contributed by atoms with Crippen LogP contribution in [0.5, 0.6) is 0 Å². The summed E-state index contributed by atoms with van der Waals surface area (Å²) >= 11 is 0. The molecule has 1 heteroatoms. The summed E-state index contributed by atoms with van der Waals surface area (Å²) in [5.41, 5.74) is 9.68. The minimum atomic E-state index is 0.524. The van der Waals surface area contributed by atoms with Gasteiger partial charge in [-0.25, -0.2) is 4.57 Å². The summed E-state index contributed by atoms with van der Waals surface area (Å²) in [5.74, 6) is 1.06. The molecule has 0 spiro atoms. The molecule has 1 nitrogen and oxygen atoms in total. The lowest BCUT2D eigenvalue weighted by Crippen LogP contribution is -2.31. The maximum Gasteiger partial charge on any atom is 0.220 e. The van der Waals surface area contributed by atoms with Crippen LogP contribution < -0.4 is 4.57 Å². The van der Waals surface area contributed by atoms with Crippen molar-refractivity contribution >= 4 is 10.8 Å². The Balaban J connectivity index is 2.43. The number of nitrogens with zero attached hydrogens (tertiary/aromatic N) is 1. The molecule has 26 heavy (non-hydrogen) atoms. The second-order valence-corrected chi connectivity index (χ2v) is 8.41. The van der Waals surface area contributed by atoms with Crippen LogP contribution in [-0.2, 0) is 7.05 Å². The summed E-state index contributed by atoms with van der Waals surface area (Å²) in [7, 11) is 2.16. The van der Waals surface area contributed by atoms with E-state index in [1.165, 1.54) is 49.8 Å². The van der Waals surface area contributed by atoms with Crippen molar-refractivity contribution in [2.45, 2.75) is 60.3 Å². The van der Waals surface area contributed by atoms with Crippen LogP contribution in [0.4, 0.5) is 0 Å². The lowest BCUT2D eigenvalue weighted by atomic mass is 9.86. The van der Waals surface area contributed by atoms with Crippen LogP contribution in [0.2, 0.25) is 0 Å². The summed E-state index contributed by atoms with van der Waals surface area (Å²) in [6.45, 7) is 15.9. The van der Waals surface area contributed by atoms with Gasteiger partial charge in [0.25, 0.3) is 0 Å². The zero-order valence-corrected chi connectivity index (χ0v) is 17.6. The standard InChI is InChI=1S/C25H32N/c1-15(2)21-13-20-9-10-26(8)25(24(20)14-22(21)16(3)4)23-12-17(5)11-18(6)19(23)7/h9-16H,1-8H3/q+1. The molecule has 0 bridgehead atoms. The third-order valence-electron chi connectivity index (χ3n) is 5.65. The highest BCUT2D eigenvalue weighted by Crippen LogP contribution is 2.35. The molecule has 0 aliphatic carbocycles. The number of benzene rings is 2. The molecule has 1 aromatic heterocycles. The molecule has 0 saturated heterocycles. The van der Waals surface area contributed by atoms with Crippen LogP contribution in [-0.4, -0.2) is 0 Å². The van der Waals surface area contributed by atoms with E-state index in [9.17, 15) is 0 Å². The van der Waals surface area contributed by atoms with Crippen molar-refractivity contribution in [3.63, 3.8) is 0 Å². The molecule has 0 aliphatic heterocycles. The number of hydrogen-bond donors (Lipinski definition) is 0. The quantitative estimate of drug-likeness (QED) is 0.476. The number of aromatic nitrogens is 1. The second kappa shape index (κ2) is 6.87. The van der Waals surface area contributed by atoms with Gasteiger partial charge in [0, 0.05) is 6.07 Å². The summed E-state index contributed by atoms with van der Waals surface area (Å²) < 4.78 is 2.28. The van der Waals surface area contributed by atoms with E-state index in [0.717, 1.165) is 0 Å². The van der Waals surface area contributed by atoms with Crippen molar-refractivity contribution < 1.29 is 4.57 Å². The molecule has 136 valence electrons. The highest BCUT2D eigenvalue weighted by molar-refractivity contribution is 5.95. The fourth-order valence-corrected chi connectivity index (χ4v) is 4.07.